The van der Waals surface area contributed by atoms with Crippen LogP contribution in [0.15, 0.2) is 364 Å². The van der Waals surface area contributed by atoms with Crippen LogP contribution in [-0.2, 0) is 40.8 Å². The number of hydrogen-bond donors (Lipinski definition) is 0. The van der Waals surface area contributed by atoms with Crippen LogP contribution in [-0.4, -0.2) is 47.8 Å². The molecule has 12 rings (SSSR count). The molecule has 113 heavy (non-hydrogen) atoms. The molecule has 0 N–H and O–H groups in total. The summed E-state index contributed by atoms with van der Waals surface area (Å²) in [7, 11) is 0. The van der Waals surface area contributed by atoms with Crippen molar-refractivity contribution < 1.29 is 39.6 Å². The molecule has 0 aliphatic carbocycles. The smallest absolute Gasteiger partial charge is 0.550 e. The summed E-state index contributed by atoms with van der Waals surface area (Å²) < 4.78 is 0. The summed E-state index contributed by atoms with van der Waals surface area (Å²) >= 11 is 0. The third kappa shape index (κ3) is 22.8. The predicted octanol–water partition coefficient (Wildman–Crippen LogP) is 19.5. The molecule has 12 aromatic rings. The summed E-state index contributed by atoms with van der Waals surface area (Å²) in [6.07, 6.45) is 11.6. The largest absolute Gasteiger partial charge is 4.00 e. The van der Waals surface area contributed by atoms with Gasteiger partial charge in [0.15, 0.2) is 0 Å². The number of carbonyl (C=O) groups is 4. The van der Waals surface area contributed by atoms with Crippen molar-refractivity contribution in [3.8, 4) is 0 Å². The molecule has 0 aliphatic rings. The van der Waals surface area contributed by atoms with E-state index >= 15 is 0 Å². The molecule has 0 saturated carbocycles. The van der Waals surface area contributed by atoms with E-state index in [1.165, 1.54) is 66.8 Å². The quantitative estimate of drug-likeness (QED) is 0.0277. The molecule has 0 bridgehead atoms. The van der Waals surface area contributed by atoms with Gasteiger partial charge in [0.05, 0.1) is 0 Å². The molecular weight excluding hydrogens is 1500 g/mol. The van der Waals surface area contributed by atoms with Gasteiger partial charge >= 0.3 is 23.9 Å². The van der Waals surface area contributed by atoms with Crippen LogP contribution in [0.1, 0.15) is 197 Å². The van der Waals surface area contributed by atoms with Gasteiger partial charge in [-0.1, -0.05) is 417 Å². The average molecular weight is 1600 g/mol. The van der Waals surface area contributed by atoms with Crippen molar-refractivity contribution in [1.82, 2.24) is 0 Å². The first kappa shape index (κ1) is 87.9. The first-order valence-corrected chi connectivity index (χ1v) is 40.2. The van der Waals surface area contributed by atoms with Gasteiger partial charge in [0.2, 0.25) is 0 Å². The molecule has 4 atom stereocenters. The predicted molar refractivity (Wildman–Crippen MR) is 453 cm³/mol. The van der Waals surface area contributed by atoms with Crippen LogP contribution in [0.3, 0.4) is 0 Å². The van der Waals surface area contributed by atoms with Crippen molar-refractivity contribution in [2.75, 3.05) is 0 Å². The van der Waals surface area contributed by atoms with E-state index in [1.54, 1.807) is 0 Å². The Morgan fingerprint density at radius 3 is 0.381 bits per heavy atom. The molecule has 4 unspecified atom stereocenters. The Hall–Kier alpha value is -10.7. The minimum atomic E-state index is -0.938. The summed E-state index contributed by atoms with van der Waals surface area (Å²) in [5.41, 5.74) is 13.5. The van der Waals surface area contributed by atoms with Crippen LogP contribution < -0.4 is 20.4 Å². The Morgan fingerprint density at radius 2 is 0.301 bits per heavy atom. The van der Waals surface area contributed by atoms with E-state index in [0.29, 0.717) is 51.4 Å². The van der Waals surface area contributed by atoms with E-state index in [9.17, 15) is 39.6 Å². The summed E-state index contributed by atoms with van der Waals surface area (Å²) in [4.78, 5) is 45.5. The van der Waals surface area contributed by atoms with Gasteiger partial charge in [0.25, 0.3) is 0 Å². The molecule has 0 aromatic heterocycles. The fraction of sp³-hybridized carbons (Fsp3) is 0.269. The van der Waals surface area contributed by atoms with E-state index in [2.05, 4.69) is 291 Å². The topological polar surface area (TPSA) is 161 Å². The van der Waals surface area contributed by atoms with E-state index in [4.69, 9.17) is 0 Å². The van der Waals surface area contributed by atoms with Crippen molar-refractivity contribution in [2.45, 2.75) is 152 Å². The fourth-order valence-electron chi connectivity index (χ4n) is 16.8. The number of carboxylic acids is 4. The van der Waals surface area contributed by atoms with Crippen LogP contribution in [0.5, 0.6) is 0 Å². The maximum absolute atomic E-state index is 11.4. The van der Waals surface area contributed by atoms with Gasteiger partial charge in [0, 0.05) is 45.5 Å². The maximum Gasteiger partial charge on any atom is 4.00 e. The molecule has 0 spiro atoms. The minimum absolute atomic E-state index is 0. The number of hydrogen-bond acceptors (Lipinski definition) is 8. The first-order chi connectivity index (χ1) is 54.7. The van der Waals surface area contributed by atoms with Crippen molar-refractivity contribution >= 4 is 47.8 Å². The van der Waals surface area contributed by atoms with Crippen LogP contribution in [0.25, 0.3) is 0 Å². The molecule has 576 valence electrons. The SMILES string of the molecule is CCC(CCCC(c1ccccc1)(c1ccccc1)c1ccccc1)C(=O)[O-].CCC(CCCC(c1ccccc1)(c1ccccc1)c1ccccc1)C(=O)[O-].CCC(CCCC(c1ccccc1)(c1ccccc1)c1ccccc1)C(=O)[O-].CCC(CCCC(c1ccccc1)(c1ccccc1)c1ccccc1)C(=O)[O-].[Sn+4]. The van der Waals surface area contributed by atoms with Crippen molar-refractivity contribution in [3.05, 3.63) is 431 Å². The molecular formula is C104H108O8Sn. The number of rotatable bonds is 36. The zero-order valence-corrected chi connectivity index (χ0v) is 68.9. The Kier molecular flexibility index (Phi) is 35.6. The molecule has 12 aromatic carbocycles. The second-order valence-electron chi connectivity index (χ2n) is 29.3. The van der Waals surface area contributed by atoms with Gasteiger partial charge in [-0.3, -0.25) is 0 Å². The van der Waals surface area contributed by atoms with Gasteiger partial charge in [-0.05, 0) is 167 Å². The van der Waals surface area contributed by atoms with Gasteiger partial charge in [-0.15, -0.1) is 0 Å². The third-order valence-corrected chi connectivity index (χ3v) is 22.9. The van der Waals surface area contributed by atoms with Crippen molar-refractivity contribution in [3.63, 3.8) is 0 Å². The number of benzene rings is 12. The number of carbonyl (C=O) groups excluding carboxylic acids is 4. The van der Waals surface area contributed by atoms with Crippen LogP contribution in [0, 0.1) is 23.7 Å². The molecule has 0 fully saturated rings. The average Bonchev–Trinajstić information content (AvgIpc) is 0.780. The van der Waals surface area contributed by atoms with Gasteiger partial charge in [-0.2, -0.15) is 0 Å². The first-order valence-electron chi connectivity index (χ1n) is 40.2. The molecule has 0 saturated heterocycles. The van der Waals surface area contributed by atoms with Crippen LogP contribution in [0.4, 0.5) is 0 Å². The molecule has 8 nitrogen and oxygen atoms in total. The Labute approximate surface area is 689 Å². The molecule has 0 aliphatic heterocycles. The molecule has 0 radical (unpaired) electrons. The van der Waals surface area contributed by atoms with Gasteiger partial charge < -0.3 is 39.6 Å². The molecule has 0 heterocycles. The monoisotopic (exact) mass is 1600 g/mol. The second-order valence-corrected chi connectivity index (χ2v) is 29.3. The van der Waals surface area contributed by atoms with Gasteiger partial charge in [-0.25, -0.2) is 0 Å². The van der Waals surface area contributed by atoms with Crippen LogP contribution >= 0.6 is 0 Å². The third-order valence-electron chi connectivity index (χ3n) is 22.9. The number of carboxylic acid groups (broad SMARTS) is 4. The summed E-state index contributed by atoms with van der Waals surface area (Å²) in [5, 5.41) is 45.5. The normalized spacial score (nSPS) is 12.4. The number of aliphatic carboxylic acids is 4. The Bertz CT molecular complexity index is 3650. The van der Waals surface area contributed by atoms with E-state index in [1.807, 2.05) is 100 Å². The van der Waals surface area contributed by atoms with Crippen molar-refractivity contribution in [1.29, 1.82) is 0 Å². The minimum Gasteiger partial charge on any atom is -0.550 e. The van der Waals surface area contributed by atoms with Crippen LogP contribution in [0.2, 0.25) is 0 Å². The van der Waals surface area contributed by atoms with E-state index in [-0.39, 0.29) is 69.2 Å². The van der Waals surface area contributed by atoms with E-state index < -0.39 is 23.9 Å². The second kappa shape index (κ2) is 45.7. The fourth-order valence-corrected chi connectivity index (χ4v) is 16.8. The molecule has 9 heteroatoms. The zero-order valence-electron chi connectivity index (χ0n) is 66.0. The Balaban J connectivity index is 0.000000188. The summed E-state index contributed by atoms with van der Waals surface area (Å²) in [5.74, 6) is -5.31. The zero-order chi connectivity index (χ0) is 79.3. The standard InChI is InChI=1S/4C26H28O2.Sn/c4*1-2-21(25(27)28)13-12-20-26(22-14-6-3-7-15-22,23-16-8-4-9-17-23)24-18-10-5-11-19-24;/h4*3-11,14-19,21H,2,12-13,20H2,1H3,(H,27,28);/q;;;;+4/p-4. The molecule has 0 amide bonds. The van der Waals surface area contributed by atoms with Crippen molar-refractivity contribution in [2.24, 2.45) is 23.7 Å². The van der Waals surface area contributed by atoms with Gasteiger partial charge in [0.1, 0.15) is 0 Å². The Morgan fingerprint density at radius 1 is 0.204 bits per heavy atom. The summed E-state index contributed by atoms with van der Waals surface area (Å²) in [6, 6.07) is 126. The summed E-state index contributed by atoms with van der Waals surface area (Å²) in [6.45, 7) is 7.66. The maximum atomic E-state index is 11.4. The van der Waals surface area contributed by atoms with E-state index in [0.717, 1.165) is 51.4 Å².